The van der Waals surface area contributed by atoms with Crippen LogP contribution in [0.15, 0.2) is 48.5 Å². The van der Waals surface area contributed by atoms with Crippen LogP contribution < -0.4 is 10.6 Å². The highest BCUT2D eigenvalue weighted by Gasteiger charge is 2.44. The number of hydrogen-bond donors (Lipinski definition) is 4. The molecule has 4 N–H and O–H groups in total. The molecule has 0 aliphatic heterocycles. The zero-order valence-corrected chi connectivity index (χ0v) is 14.3. The molecule has 25 heavy (non-hydrogen) atoms. The van der Waals surface area contributed by atoms with Crippen molar-refractivity contribution in [2.75, 3.05) is 6.54 Å². The van der Waals surface area contributed by atoms with Crippen molar-refractivity contribution in [2.24, 2.45) is 0 Å². The van der Waals surface area contributed by atoms with Crippen molar-refractivity contribution in [3.63, 3.8) is 0 Å². The second-order valence-electron chi connectivity index (χ2n) is 6.83. The van der Waals surface area contributed by atoms with Crippen LogP contribution in [-0.4, -0.2) is 28.3 Å². The average molecular weight is 340 g/mol. The van der Waals surface area contributed by atoms with Crippen molar-refractivity contribution in [3.05, 3.63) is 65.2 Å². The minimum atomic E-state index is -0.857. The number of nitrogens with one attached hydrogen (secondary N) is 2. The summed E-state index contributed by atoms with van der Waals surface area (Å²) >= 11 is 0. The molecule has 0 aromatic heterocycles. The number of benzene rings is 2. The molecule has 0 heterocycles. The summed E-state index contributed by atoms with van der Waals surface area (Å²) in [5.41, 5.74) is 2.88. The molecule has 1 fully saturated rings. The van der Waals surface area contributed by atoms with E-state index in [-0.39, 0.29) is 23.9 Å². The van der Waals surface area contributed by atoms with Gasteiger partial charge in [0.2, 0.25) is 0 Å². The first-order chi connectivity index (χ1) is 12.0. The number of carbonyl (C=O) groups excluding carboxylic acids is 1. The Kier molecular flexibility index (Phi) is 4.95. The third-order valence-electron chi connectivity index (χ3n) is 4.73. The van der Waals surface area contributed by atoms with Crippen LogP contribution in [0, 0.1) is 6.92 Å². The van der Waals surface area contributed by atoms with Crippen LogP contribution in [-0.2, 0) is 6.42 Å². The molecule has 0 spiro atoms. The number of urea groups is 1. The Morgan fingerprint density at radius 3 is 2.64 bits per heavy atom. The monoisotopic (exact) mass is 340 g/mol. The van der Waals surface area contributed by atoms with Gasteiger partial charge >= 0.3 is 6.03 Å². The predicted octanol–water partition coefficient (Wildman–Crippen LogP) is 2.81. The van der Waals surface area contributed by atoms with Gasteiger partial charge in [0, 0.05) is 12.1 Å². The Hall–Kier alpha value is -2.53. The molecule has 2 aromatic rings. The molecule has 0 radical (unpaired) electrons. The molecular weight excluding hydrogens is 316 g/mol. The van der Waals surface area contributed by atoms with E-state index in [0.29, 0.717) is 5.56 Å². The lowest BCUT2D eigenvalue weighted by Gasteiger charge is -2.20. The fourth-order valence-corrected chi connectivity index (χ4v) is 2.99. The maximum Gasteiger partial charge on any atom is 0.315 e. The molecule has 1 aliphatic carbocycles. The molecule has 1 aliphatic rings. The van der Waals surface area contributed by atoms with E-state index < -0.39 is 6.10 Å². The van der Waals surface area contributed by atoms with Gasteiger partial charge in [-0.3, -0.25) is 0 Å². The van der Waals surface area contributed by atoms with Crippen molar-refractivity contribution >= 4 is 6.03 Å². The SMILES string of the molecule is Cc1ccccc1CC1(NC(=O)NCC(O)c2cccc(O)c2)CC1. The van der Waals surface area contributed by atoms with E-state index in [1.165, 1.54) is 17.2 Å². The highest BCUT2D eigenvalue weighted by atomic mass is 16.3. The third-order valence-corrected chi connectivity index (χ3v) is 4.73. The summed E-state index contributed by atoms with van der Waals surface area (Å²) in [6.45, 7) is 2.17. The van der Waals surface area contributed by atoms with E-state index in [1.807, 2.05) is 12.1 Å². The summed E-state index contributed by atoms with van der Waals surface area (Å²) < 4.78 is 0. The fraction of sp³-hybridized carbons (Fsp3) is 0.350. The van der Waals surface area contributed by atoms with Gasteiger partial charge in [-0.05, 0) is 55.0 Å². The molecule has 3 rings (SSSR count). The zero-order valence-electron chi connectivity index (χ0n) is 14.3. The number of aryl methyl sites for hydroxylation is 1. The molecule has 5 heteroatoms. The second kappa shape index (κ2) is 7.15. The van der Waals surface area contributed by atoms with Crippen LogP contribution in [0.2, 0.25) is 0 Å². The van der Waals surface area contributed by atoms with Gasteiger partial charge in [0.15, 0.2) is 0 Å². The summed E-state index contributed by atoms with van der Waals surface area (Å²) in [6, 6.07) is 14.3. The van der Waals surface area contributed by atoms with E-state index in [9.17, 15) is 15.0 Å². The Bertz CT molecular complexity index is 756. The zero-order chi connectivity index (χ0) is 17.9. The molecular formula is C20H24N2O3. The van der Waals surface area contributed by atoms with Crippen molar-refractivity contribution in [1.29, 1.82) is 0 Å². The molecule has 1 unspecified atom stereocenters. The third kappa shape index (κ3) is 4.51. The predicted molar refractivity (Wildman–Crippen MR) is 96.4 cm³/mol. The smallest absolute Gasteiger partial charge is 0.315 e. The number of aliphatic hydroxyl groups excluding tert-OH is 1. The Morgan fingerprint density at radius 2 is 1.96 bits per heavy atom. The number of rotatable bonds is 6. The van der Waals surface area contributed by atoms with E-state index in [4.69, 9.17) is 0 Å². The number of carbonyl (C=O) groups is 1. The fourth-order valence-electron chi connectivity index (χ4n) is 2.99. The number of hydrogen-bond acceptors (Lipinski definition) is 3. The first kappa shape index (κ1) is 17.3. The topological polar surface area (TPSA) is 81.6 Å². The lowest BCUT2D eigenvalue weighted by atomic mass is 10.00. The minimum Gasteiger partial charge on any atom is -0.508 e. The van der Waals surface area contributed by atoms with Crippen molar-refractivity contribution in [1.82, 2.24) is 10.6 Å². The number of phenols is 1. The quantitative estimate of drug-likeness (QED) is 0.653. The standard InChI is InChI=1S/C20H24N2O3/c1-14-5-2-3-6-16(14)12-20(9-10-20)22-19(25)21-13-18(24)15-7-4-8-17(23)11-15/h2-8,11,18,23-24H,9-10,12-13H2,1H3,(H2,21,22,25). The summed E-state index contributed by atoms with van der Waals surface area (Å²) in [5, 5.41) is 25.3. The van der Waals surface area contributed by atoms with Gasteiger partial charge in [-0.1, -0.05) is 36.4 Å². The number of phenolic OH excluding ortho intramolecular Hbond substituents is 1. The Morgan fingerprint density at radius 1 is 1.20 bits per heavy atom. The van der Waals surface area contributed by atoms with Gasteiger partial charge < -0.3 is 20.8 Å². The molecule has 5 nitrogen and oxygen atoms in total. The van der Waals surface area contributed by atoms with Crippen LogP contribution in [0.4, 0.5) is 4.79 Å². The van der Waals surface area contributed by atoms with Gasteiger partial charge in [0.1, 0.15) is 5.75 Å². The maximum absolute atomic E-state index is 12.2. The van der Waals surface area contributed by atoms with Crippen molar-refractivity contribution in [3.8, 4) is 5.75 Å². The second-order valence-corrected chi connectivity index (χ2v) is 6.83. The molecule has 2 amide bonds. The normalized spacial score (nSPS) is 16.1. The lowest BCUT2D eigenvalue weighted by Crippen LogP contribution is -2.45. The van der Waals surface area contributed by atoms with Gasteiger partial charge in [-0.25, -0.2) is 4.79 Å². The van der Waals surface area contributed by atoms with Crippen molar-refractivity contribution < 1.29 is 15.0 Å². The largest absolute Gasteiger partial charge is 0.508 e. The van der Waals surface area contributed by atoms with Gasteiger partial charge in [-0.2, -0.15) is 0 Å². The number of amides is 2. The van der Waals surface area contributed by atoms with Gasteiger partial charge in [0.05, 0.1) is 6.10 Å². The molecule has 1 saturated carbocycles. The number of aliphatic hydroxyl groups is 1. The highest BCUT2D eigenvalue weighted by Crippen LogP contribution is 2.39. The molecule has 0 bridgehead atoms. The molecule has 0 saturated heterocycles. The van der Waals surface area contributed by atoms with Crippen LogP contribution in [0.1, 0.15) is 35.6 Å². The minimum absolute atomic E-state index is 0.0930. The average Bonchev–Trinajstić information content (AvgIpc) is 3.34. The Labute approximate surface area is 147 Å². The van der Waals surface area contributed by atoms with Gasteiger partial charge in [0.25, 0.3) is 0 Å². The summed E-state index contributed by atoms with van der Waals surface area (Å²) in [5.74, 6) is 0.0937. The Balaban J connectivity index is 1.51. The number of aromatic hydroxyl groups is 1. The summed E-state index contributed by atoms with van der Waals surface area (Å²) in [7, 11) is 0. The van der Waals surface area contributed by atoms with E-state index >= 15 is 0 Å². The lowest BCUT2D eigenvalue weighted by molar-refractivity contribution is 0.172. The highest BCUT2D eigenvalue weighted by molar-refractivity contribution is 5.75. The van der Waals surface area contributed by atoms with Crippen LogP contribution >= 0.6 is 0 Å². The molecule has 1 atom stereocenters. The molecule has 132 valence electrons. The molecule has 2 aromatic carbocycles. The first-order valence-electron chi connectivity index (χ1n) is 8.55. The van der Waals surface area contributed by atoms with Crippen LogP contribution in [0.5, 0.6) is 5.75 Å². The first-order valence-corrected chi connectivity index (χ1v) is 8.55. The van der Waals surface area contributed by atoms with Crippen molar-refractivity contribution in [2.45, 2.75) is 37.8 Å². The van der Waals surface area contributed by atoms with E-state index in [0.717, 1.165) is 19.3 Å². The summed E-state index contributed by atoms with van der Waals surface area (Å²) in [6.07, 6.45) is 1.89. The summed E-state index contributed by atoms with van der Waals surface area (Å²) in [4.78, 5) is 12.2. The van der Waals surface area contributed by atoms with E-state index in [2.05, 4.69) is 29.7 Å². The van der Waals surface area contributed by atoms with Crippen LogP contribution in [0.25, 0.3) is 0 Å². The van der Waals surface area contributed by atoms with E-state index in [1.54, 1.807) is 18.2 Å². The van der Waals surface area contributed by atoms with Gasteiger partial charge in [-0.15, -0.1) is 0 Å². The van der Waals surface area contributed by atoms with Crippen LogP contribution in [0.3, 0.4) is 0 Å². The maximum atomic E-state index is 12.2.